The van der Waals surface area contributed by atoms with Crippen molar-refractivity contribution in [2.45, 2.75) is 50.8 Å². The smallest absolute Gasteiger partial charge is 0.264 e. The SMILES string of the molecule is C[C@H](NC(=O)[C@H]1CCCN1C(=O)c1ccc(Cl)s1)[C@@H]1CCCO1. The number of ether oxygens (including phenoxy) is 1. The molecule has 1 aromatic rings. The first kappa shape index (κ1) is 16.7. The lowest BCUT2D eigenvalue weighted by Gasteiger charge is -2.27. The van der Waals surface area contributed by atoms with Gasteiger partial charge in [-0.15, -0.1) is 11.3 Å². The van der Waals surface area contributed by atoms with E-state index in [0.717, 1.165) is 25.9 Å². The van der Waals surface area contributed by atoms with Crippen molar-refractivity contribution in [1.29, 1.82) is 0 Å². The molecule has 0 saturated carbocycles. The molecule has 1 N–H and O–H groups in total. The van der Waals surface area contributed by atoms with Gasteiger partial charge < -0.3 is 15.0 Å². The number of carbonyl (C=O) groups is 2. The van der Waals surface area contributed by atoms with E-state index < -0.39 is 6.04 Å². The van der Waals surface area contributed by atoms with E-state index in [2.05, 4.69) is 5.32 Å². The van der Waals surface area contributed by atoms with E-state index in [9.17, 15) is 9.59 Å². The van der Waals surface area contributed by atoms with Crippen molar-refractivity contribution in [3.63, 3.8) is 0 Å². The third-order valence-corrected chi connectivity index (χ3v) is 5.71. The lowest BCUT2D eigenvalue weighted by Crippen LogP contribution is -2.50. The highest BCUT2D eigenvalue weighted by Crippen LogP contribution is 2.27. The fourth-order valence-corrected chi connectivity index (χ4v) is 4.26. The van der Waals surface area contributed by atoms with Gasteiger partial charge in [0, 0.05) is 13.2 Å². The quantitative estimate of drug-likeness (QED) is 0.902. The van der Waals surface area contributed by atoms with Crippen LogP contribution >= 0.6 is 22.9 Å². The van der Waals surface area contributed by atoms with Crippen LogP contribution in [0.25, 0.3) is 0 Å². The first-order valence-electron chi connectivity index (χ1n) is 8.04. The molecule has 126 valence electrons. The van der Waals surface area contributed by atoms with Gasteiger partial charge in [-0.1, -0.05) is 11.6 Å². The largest absolute Gasteiger partial charge is 0.376 e. The normalized spacial score (nSPS) is 25.6. The second kappa shape index (κ2) is 7.20. The molecule has 5 nitrogen and oxygen atoms in total. The Kier molecular flexibility index (Phi) is 5.24. The predicted molar refractivity (Wildman–Crippen MR) is 90.0 cm³/mol. The molecule has 0 unspecified atom stereocenters. The molecule has 1 aromatic heterocycles. The molecule has 7 heteroatoms. The Labute approximate surface area is 144 Å². The zero-order valence-electron chi connectivity index (χ0n) is 13.1. The standard InChI is InChI=1S/C16H21ClN2O3S/c1-10(12-5-3-9-22-12)18-15(20)11-4-2-8-19(11)16(21)13-6-7-14(17)23-13/h6-7,10-12H,2-5,8-9H2,1H3,(H,18,20)/t10-,11+,12-/m0/s1. The molecule has 2 amide bonds. The van der Waals surface area contributed by atoms with Gasteiger partial charge in [-0.2, -0.15) is 0 Å². The lowest BCUT2D eigenvalue weighted by atomic mass is 10.1. The maximum Gasteiger partial charge on any atom is 0.264 e. The molecular formula is C16H21ClN2O3S. The summed E-state index contributed by atoms with van der Waals surface area (Å²) in [6, 6.07) is 3.01. The number of hydrogen-bond acceptors (Lipinski definition) is 4. The Hall–Kier alpha value is -1.11. The maximum atomic E-state index is 12.6. The molecule has 3 heterocycles. The first-order valence-corrected chi connectivity index (χ1v) is 9.24. The highest BCUT2D eigenvalue weighted by Gasteiger charge is 2.36. The van der Waals surface area contributed by atoms with Gasteiger partial charge in [0.2, 0.25) is 5.91 Å². The van der Waals surface area contributed by atoms with Crippen molar-refractivity contribution in [3.05, 3.63) is 21.3 Å². The highest BCUT2D eigenvalue weighted by molar-refractivity contribution is 7.17. The Morgan fingerprint density at radius 1 is 1.39 bits per heavy atom. The van der Waals surface area contributed by atoms with Gasteiger partial charge in [0.1, 0.15) is 6.04 Å². The van der Waals surface area contributed by atoms with Crippen molar-refractivity contribution < 1.29 is 14.3 Å². The van der Waals surface area contributed by atoms with Crippen LogP contribution in [0.1, 0.15) is 42.3 Å². The summed E-state index contributed by atoms with van der Waals surface area (Å²) in [5, 5.41) is 3.02. The van der Waals surface area contributed by atoms with E-state index >= 15 is 0 Å². The van der Waals surface area contributed by atoms with E-state index in [0.29, 0.717) is 22.2 Å². The maximum absolute atomic E-state index is 12.6. The summed E-state index contributed by atoms with van der Waals surface area (Å²) < 4.78 is 6.20. The second-order valence-electron chi connectivity index (χ2n) is 6.11. The van der Waals surface area contributed by atoms with Gasteiger partial charge in [-0.3, -0.25) is 9.59 Å². The molecule has 3 atom stereocenters. The Balaban J connectivity index is 1.63. The zero-order chi connectivity index (χ0) is 16.4. The highest BCUT2D eigenvalue weighted by atomic mass is 35.5. The van der Waals surface area contributed by atoms with Crippen LogP contribution in [0.2, 0.25) is 4.34 Å². The number of nitrogens with zero attached hydrogens (tertiary/aromatic N) is 1. The molecule has 23 heavy (non-hydrogen) atoms. The average molecular weight is 357 g/mol. The number of likely N-dealkylation sites (tertiary alicyclic amines) is 1. The second-order valence-corrected chi connectivity index (χ2v) is 7.82. The minimum Gasteiger partial charge on any atom is -0.376 e. The van der Waals surface area contributed by atoms with E-state index in [4.69, 9.17) is 16.3 Å². The summed E-state index contributed by atoms with van der Waals surface area (Å²) in [6.07, 6.45) is 3.65. The van der Waals surface area contributed by atoms with E-state index in [1.165, 1.54) is 11.3 Å². The summed E-state index contributed by atoms with van der Waals surface area (Å²) in [6.45, 7) is 3.34. The van der Waals surface area contributed by atoms with Crippen LogP contribution in [0.3, 0.4) is 0 Å². The van der Waals surface area contributed by atoms with Crippen molar-refractivity contribution in [2.75, 3.05) is 13.2 Å². The number of hydrogen-bond donors (Lipinski definition) is 1. The van der Waals surface area contributed by atoms with Gasteiger partial charge >= 0.3 is 0 Å². The Morgan fingerprint density at radius 2 is 2.22 bits per heavy atom. The molecule has 3 rings (SSSR count). The molecule has 2 fully saturated rings. The molecule has 2 saturated heterocycles. The van der Waals surface area contributed by atoms with Crippen LogP contribution < -0.4 is 5.32 Å². The third-order valence-electron chi connectivity index (χ3n) is 4.49. The number of thiophene rings is 1. The van der Waals surface area contributed by atoms with Crippen LogP contribution in [-0.4, -0.2) is 48.1 Å². The van der Waals surface area contributed by atoms with Crippen molar-refractivity contribution in [3.8, 4) is 0 Å². The van der Waals surface area contributed by atoms with E-state index in [1.807, 2.05) is 6.92 Å². The first-order chi connectivity index (χ1) is 11.1. The van der Waals surface area contributed by atoms with Crippen LogP contribution in [0.4, 0.5) is 0 Å². The van der Waals surface area contributed by atoms with Gasteiger partial charge in [0.05, 0.1) is 21.4 Å². The van der Waals surface area contributed by atoms with Crippen LogP contribution in [0.15, 0.2) is 12.1 Å². The molecule has 0 aliphatic carbocycles. The van der Waals surface area contributed by atoms with Gasteiger partial charge in [0.15, 0.2) is 0 Å². The molecule has 0 aromatic carbocycles. The monoisotopic (exact) mass is 356 g/mol. The molecular weight excluding hydrogens is 336 g/mol. The molecule has 0 bridgehead atoms. The van der Waals surface area contributed by atoms with Crippen molar-refractivity contribution in [2.24, 2.45) is 0 Å². The van der Waals surface area contributed by atoms with Crippen LogP contribution in [0.5, 0.6) is 0 Å². The third kappa shape index (κ3) is 3.70. The number of amides is 2. The topological polar surface area (TPSA) is 58.6 Å². The molecule has 2 aliphatic heterocycles. The van der Waals surface area contributed by atoms with Gasteiger partial charge in [-0.05, 0) is 44.7 Å². The Morgan fingerprint density at radius 3 is 2.87 bits per heavy atom. The van der Waals surface area contributed by atoms with Crippen molar-refractivity contribution >= 4 is 34.8 Å². The predicted octanol–water partition coefficient (Wildman–Crippen LogP) is 2.69. The number of nitrogens with one attached hydrogen (secondary N) is 1. The lowest BCUT2D eigenvalue weighted by molar-refractivity contribution is -0.126. The average Bonchev–Trinajstić information content (AvgIpc) is 3.27. The molecule has 0 spiro atoms. The summed E-state index contributed by atoms with van der Waals surface area (Å²) in [5.41, 5.74) is 0. The molecule has 2 aliphatic rings. The Bertz CT molecular complexity index is 586. The van der Waals surface area contributed by atoms with Gasteiger partial charge in [0.25, 0.3) is 5.91 Å². The zero-order valence-corrected chi connectivity index (χ0v) is 14.7. The number of halogens is 1. The number of carbonyl (C=O) groups excluding carboxylic acids is 2. The van der Waals surface area contributed by atoms with Crippen LogP contribution in [-0.2, 0) is 9.53 Å². The van der Waals surface area contributed by atoms with Crippen LogP contribution in [0, 0.1) is 0 Å². The fourth-order valence-electron chi connectivity index (χ4n) is 3.26. The van der Waals surface area contributed by atoms with E-state index in [1.54, 1.807) is 17.0 Å². The molecule has 0 radical (unpaired) electrons. The minimum absolute atomic E-state index is 0.0289. The summed E-state index contributed by atoms with van der Waals surface area (Å²) in [4.78, 5) is 27.4. The number of rotatable bonds is 4. The van der Waals surface area contributed by atoms with Crippen molar-refractivity contribution in [1.82, 2.24) is 10.2 Å². The van der Waals surface area contributed by atoms with E-state index in [-0.39, 0.29) is 24.0 Å². The fraction of sp³-hybridized carbons (Fsp3) is 0.625. The summed E-state index contributed by atoms with van der Waals surface area (Å²) in [7, 11) is 0. The summed E-state index contributed by atoms with van der Waals surface area (Å²) in [5.74, 6) is -0.189. The minimum atomic E-state index is -0.396. The summed E-state index contributed by atoms with van der Waals surface area (Å²) >= 11 is 7.16. The van der Waals surface area contributed by atoms with Gasteiger partial charge in [-0.25, -0.2) is 0 Å².